The average Bonchev–Trinajstić information content (AvgIpc) is 2.60. The Morgan fingerprint density at radius 3 is 2.75 bits per heavy atom. The van der Waals surface area contributed by atoms with Crippen LogP contribution in [0.4, 0.5) is 0 Å². The molecule has 84 valence electrons. The molecule has 2 aromatic heterocycles. The lowest BCUT2D eigenvalue weighted by molar-refractivity contribution is 0.449. The molecule has 0 bridgehead atoms. The highest BCUT2D eigenvalue weighted by molar-refractivity contribution is 5.01. The Bertz CT molecular complexity index is 622. The molecule has 2 rings (SSSR count). The largest absolute Gasteiger partial charge is 0.424 e. The number of hydrogen-bond acceptors (Lipinski definition) is 5. The van der Waals surface area contributed by atoms with Crippen molar-refractivity contribution < 1.29 is 4.42 Å². The number of rotatable bonds is 2. The third-order valence-electron chi connectivity index (χ3n) is 2.06. The van der Waals surface area contributed by atoms with Crippen molar-refractivity contribution in [1.82, 2.24) is 19.7 Å². The van der Waals surface area contributed by atoms with E-state index in [4.69, 9.17) is 4.42 Å². The van der Waals surface area contributed by atoms with Crippen LogP contribution in [0.15, 0.2) is 20.2 Å². The summed E-state index contributed by atoms with van der Waals surface area (Å²) in [5.74, 6) is 0.759. The Balaban J connectivity index is 2.39. The lowest BCUT2D eigenvalue weighted by Crippen LogP contribution is -2.31. The Hall–Kier alpha value is -2.18. The molecule has 7 heteroatoms. The van der Waals surface area contributed by atoms with Crippen molar-refractivity contribution in [2.75, 3.05) is 0 Å². The maximum atomic E-state index is 11.4. The molecule has 16 heavy (non-hydrogen) atoms. The molecule has 0 aliphatic rings. The van der Waals surface area contributed by atoms with Crippen molar-refractivity contribution in [3.63, 3.8) is 0 Å². The van der Waals surface area contributed by atoms with Gasteiger partial charge in [0, 0.05) is 18.7 Å². The van der Waals surface area contributed by atoms with E-state index in [2.05, 4.69) is 15.2 Å². The molecule has 0 saturated heterocycles. The van der Waals surface area contributed by atoms with Crippen LogP contribution in [0.2, 0.25) is 0 Å². The summed E-state index contributed by atoms with van der Waals surface area (Å²) in [7, 11) is 0. The molecule has 2 heterocycles. The van der Waals surface area contributed by atoms with Crippen LogP contribution in [0, 0.1) is 13.8 Å². The average molecular weight is 222 g/mol. The van der Waals surface area contributed by atoms with E-state index in [0.29, 0.717) is 17.3 Å². The molecular weight excluding hydrogens is 212 g/mol. The smallest absolute Gasteiger partial charge is 0.328 e. The molecule has 0 fully saturated rings. The van der Waals surface area contributed by atoms with Crippen molar-refractivity contribution in [3.8, 4) is 0 Å². The Labute approximate surface area is 89.8 Å². The Kier molecular flexibility index (Phi) is 2.43. The highest BCUT2D eigenvalue weighted by atomic mass is 16.4. The van der Waals surface area contributed by atoms with Crippen LogP contribution in [-0.4, -0.2) is 19.7 Å². The molecule has 0 aromatic carbocycles. The second-order valence-corrected chi connectivity index (χ2v) is 3.41. The fourth-order valence-corrected chi connectivity index (χ4v) is 1.28. The molecule has 0 unspecified atom stereocenters. The van der Waals surface area contributed by atoms with Crippen LogP contribution in [0.5, 0.6) is 0 Å². The van der Waals surface area contributed by atoms with E-state index in [9.17, 15) is 9.59 Å². The van der Waals surface area contributed by atoms with Crippen LogP contribution in [-0.2, 0) is 6.54 Å². The van der Waals surface area contributed by atoms with Gasteiger partial charge < -0.3 is 4.42 Å². The van der Waals surface area contributed by atoms with Gasteiger partial charge in [0.05, 0.1) is 0 Å². The van der Waals surface area contributed by atoms with E-state index < -0.39 is 5.69 Å². The number of hydrogen-bond donors (Lipinski definition) is 1. The summed E-state index contributed by atoms with van der Waals surface area (Å²) in [5, 5.41) is 7.41. The fourth-order valence-electron chi connectivity index (χ4n) is 1.28. The van der Waals surface area contributed by atoms with Crippen molar-refractivity contribution in [2.45, 2.75) is 20.4 Å². The van der Waals surface area contributed by atoms with E-state index in [1.165, 1.54) is 10.8 Å². The van der Waals surface area contributed by atoms with Gasteiger partial charge in [0.15, 0.2) is 0 Å². The maximum Gasteiger partial charge on any atom is 0.328 e. The summed E-state index contributed by atoms with van der Waals surface area (Å²) in [6.07, 6.45) is 1.46. The van der Waals surface area contributed by atoms with Crippen LogP contribution in [0.1, 0.15) is 17.3 Å². The van der Waals surface area contributed by atoms with Gasteiger partial charge in [0.25, 0.3) is 5.56 Å². The Morgan fingerprint density at radius 1 is 1.38 bits per heavy atom. The molecule has 0 radical (unpaired) electrons. The lowest BCUT2D eigenvalue weighted by atomic mass is 10.4. The molecule has 0 spiro atoms. The molecule has 0 aliphatic carbocycles. The minimum absolute atomic E-state index is 0.150. The van der Waals surface area contributed by atoms with Crippen molar-refractivity contribution in [2.24, 2.45) is 0 Å². The standard InChI is InChI=1S/C9H10N4O3/c1-5-3-13(9(15)10-8(5)14)4-7-12-11-6(2)16-7/h3H,4H2,1-2H3,(H,10,14,15). The van der Waals surface area contributed by atoms with Gasteiger partial charge in [-0.25, -0.2) is 4.79 Å². The second-order valence-electron chi connectivity index (χ2n) is 3.41. The molecular formula is C9H10N4O3. The van der Waals surface area contributed by atoms with Crippen LogP contribution >= 0.6 is 0 Å². The quantitative estimate of drug-likeness (QED) is 0.745. The van der Waals surface area contributed by atoms with E-state index in [-0.39, 0.29) is 12.1 Å². The molecule has 7 nitrogen and oxygen atoms in total. The van der Waals surface area contributed by atoms with Crippen LogP contribution in [0.25, 0.3) is 0 Å². The number of aryl methyl sites for hydroxylation is 2. The van der Waals surface area contributed by atoms with Crippen LogP contribution in [0.3, 0.4) is 0 Å². The topological polar surface area (TPSA) is 93.8 Å². The summed E-state index contributed by atoms with van der Waals surface area (Å²) < 4.78 is 6.45. The number of nitrogens with one attached hydrogen (secondary N) is 1. The first kappa shape index (κ1) is 10.3. The van der Waals surface area contributed by atoms with Gasteiger partial charge in [-0.05, 0) is 6.92 Å². The molecule has 0 aliphatic heterocycles. The zero-order valence-corrected chi connectivity index (χ0v) is 8.85. The van der Waals surface area contributed by atoms with Gasteiger partial charge in [0.2, 0.25) is 11.8 Å². The van der Waals surface area contributed by atoms with Gasteiger partial charge in [-0.1, -0.05) is 0 Å². The first-order valence-corrected chi connectivity index (χ1v) is 4.65. The number of aromatic amines is 1. The summed E-state index contributed by atoms with van der Waals surface area (Å²) in [5.41, 5.74) is -0.426. The summed E-state index contributed by atoms with van der Waals surface area (Å²) in [4.78, 5) is 24.7. The first-order valence-electron chi connectivity index (χ1n) is 4.65. The fraction of sp³-hybridized carbons (Fsp3) is 0.333. The molecule has 0 atom stereocenters. The lowest BCUT2D eigenvalue weighted by Gasteiger charge is -2.01. The van der Waals surface area contributed by atoms with Gasteiger partial charge >= 0.3 is 5.69 Å². The van der Waals surface area contributed by atoms with Gasteiger partial charge in [0.1, 0.15) is 6.54 Å². The zero-order chi connectivity index (χ0) is 11.7. The maximum absolute atomic E-state index is 11.4. The van der Waals surface area contributed by atoms with E-state index in [1.54, 1.807) is 13.8 Å². The highest BCUT2D eigenvalue weighted by Gasteiger charge is 2.06. The zero-order valence-electron chi connectivity index (χ0n) is 8.85. The van der Waals surface area contributed by atoms with Gasteiger partial charge in [-0.2, -0.15) is 0 Å². The monoisotopic (exact) mass is 222 g/mol. The minimum atomic E-state index is -0.494. The summed E-state index contributed by atoms with van der Waals surface area (Å²) in [6.45, 7) is 3.43. The van der Waals surface area contributed by atoms with Crippen LogP contribution < -0.4 is 11.2 Å². The van der Waals surface area contributed by atoms with Crippen molar-refractivity contribution in [3.05, 3.63) is 44.4 Å². The first-order chi connectivity index (χ1) is 7.56. The molecule has 0 amide bonds. The SMILES string of the molecule is Cc1nnc(Cn2cc(C)c(=O)[nH]c2=O)o1. The number of nitrogens with zero attached hydrogens (tertiary/aromatic N) is 3. The number of aromatic nitrogens is 4. The van der Waals surface area contributed by atoms with Crippen molar-refractivity contribution in [1.29, 1.82) is 0 Å². The highest BCUT2D eigenvalue weighted by Crippen LogP contribution is 1.99. The van der Waals surface area contributed by atoms with E-state index >= 15 is 0 Å². The predicted octanol–water partition coefficient (Wildman–Crippen LogP) is -0.415. The van der Waals surface area contributed by atoms with E-state index in [1.807, 2.05) is 0 Å². The summed E-state index contributed by atoms with van der Waals surface area (Å²) in [6, 6.07) is 0. The Morgan fingerprint density at radius 2 is 2.12 bits per heavy atom. The molecule has 0 saturated carbocycles. The van der Waals surface area contributed by atoms with Crippen molar-refractivity contribution >= 4 is 0 Å². The molecule has 1 N–H and O–H groups in total. The predicted molar refractivity (Wildman–Crippen MR) is 54.2 cm³/mol. The number of H-pyrrole nitrogens is 1. The van der Waals surface area contributed by atoms with Gasteiger partial charge in [-0.3, -0.25) is 14.3 Å². The normalized spacial score (nSPS) is 10.6. The van der Waals surface area contributed by atoms with E-state index in [0.717, 1.165) is 0 Å². The third-order valence-corrected chi connectivity index (χ3v) is 2.06. The van der Waals surface area contributed by atoms with Gasteiger partial charge in [-0.15, -0.1) is 10.2 Å². The molecule has 2 aromatic rings. The minimum Gasteiger partial charge on any atom is -0.424 e. The summed E-state index contributed by atoms with van der Waals surface area (Å²) >= 11 is 0. The second kappa shape index (κ2) is 3.76. The third kappa shape index (κ3) is 1.92.